The molecule has 33 heavy (non-hydrogen) atoms. The molecule has 2 heterocycles. The van der Waals surface area contributed by atoms with Gasteiger partial charge in [0.25, 0.3) is 5.91 Å². The summed E-state index contributed by atoms with van der Waals surface area (Å²) in [4.78, 5) is 21.5. The molecule has 0 bridgehead atoms. The second kappa shape index (κ2) is 8.65. The van der Waals surface area contributed by atoms with E-state index in [0.717, 1.165) is 34.8 Å². The number of carbonyl (C=O) groups is 1. The van der Waals surface area contributed by atoms with Crippen molar-refractivity contribution in [2.24, 2.45) is 4.99 Å². The summed E-state index contributed by atoms with van der Waals surface area (Å²) in [5, 5.41) is 0. The SMILES string of the molecule is Cc1ccc2c(c1)Oc1ccccc1C(N1CCCN(C(=O)c3c(F)cccc3F)CC1)=N2. The van der Waals surface area contributed by atoms with Gasteiger partial charge in [-0.25, -0.2) is 13.8 Å². The summed E-state index contributed by atoms with van der Waals surface area (Å²) in [6.45, 7) is 3.87. The van der Waals surface area contributed by atoms with Crippen molar-refractivity contribution in [3.8, 4) is 11.5 Å². The molecule has 0 spiro atoms. The van der Waals surface area contributed by atoms with Crippen molar-refractivity contribution in [1.29, 1.82) is 0 Å². The number of ether oxygens (including phenoxy) is 1. The fraction of sp³-hybridized carbons (Fsp3) is 0.231. The minimum absolute atomic E-state index is 0.329. The summed E-state index contributed by atoms with van der Waals surface area (Å²) in [7, 11) is 0. The maximum atomic E-state index is 14.2. The Hall–Kier alpha value is -3.74. The summed E-state index contributed by atoms with van der Waals surface area (Å²) < 4.78 is 34.5. The van der Waals surface area contributed by atoms with E-state index in [4.69, 9.17) is 9.73 Å². The van der Waals surface area contributed by atoms with Crippen LogP contribution in [0.5, 0.6) is 11.5 Å². The number of amides is 1. The Morgan fingerprint density at radius 3 is 2.52 bits per heavy atom. The molecule has 0 saturated carbocycles. The van der Waals surface area contributed by atoms with E-state index in [1.54, 1.807) is 0 Å². The zero-order chi connectivity index (χ0) is 22.9. The molecule has 3 aromatic carbocycles. The van der Waals surface area contributed by atoms with Crippen molar-refractivity contribution < 1.29 is 18.3 Å². The lowest BCUT2D eigenvalue weighted by atomic mass is 10.1. The Kier molecular flexibility index (Phi) is 5.54. The van der Waals surface area contributed by atoms with Crippen LogP contribution in [0.15, 0.2) is 65.7 Å². The van der Waals surface area contributed by atoms with Crippen molar-refractivity contribution in [1.82, 2.24) is 9.80 Å². The van der Waals surface area contributed by atoms with E-state index in [1.165, 1.54) is 11.0 Å². The number of halogens is 2. The molecular weight excluding hydrogens is 424 g/mol. The molecule has 0 atom stereocenters. The lowest BCUT2D eigenvalue weighted by Crippen LogP contribution is -2.38. The molecule has 0 unspecified atom stereocenters. The summed E-state index contributed by atoms with van der Waals surface area (Å²) in [6, 6.07) is 17.1. The van der Waals surface area contributed by atoms with Gasteiger partial charge in [0.1, 0.15) is 34.5 Å². The number of benzene rings is 3. The number of hydrogen-bond donors (Lipinski definition) is 0. The smallest absolute Gasteiger partial charge is 0.259 e. The number of hydrogen-bond acceptors (Lipinski definition) is 4. The molecular formula is C26H23F2N3O2. The highest BCUT2D eigenvalue weighted by Gasteiger charge is 2.28. The second-order valence-electron chi connectivity index (χ2n) is 8.23. The minimum atomic E-state index is -0.841. The Labute approximate surface area is 190 Å². The first kappa shape index (κ1) is 21.1. The number of para-hydroxylation sites is 1. The normalized spacial score (nSPS) is 15.5. The number of rotatable bonds is 1. The van der Waals surface area contributed by atoms with Crippen LogP contribution in [-0.2, 0) is 0 Å². The Balaban J connectivity index is 1.45. The van der Waals surface area contributed by atoms with Crippen LogP contribution in [0.2, 0.25) is 0 Å². The predicted molar refractivity (Wildman–Crippen MR) is 122 cm³/mol. The molecule has 0 radical (unpaired) electrons. The molecule has 168 valence electrons. The first-order chi connectivity index (χ1) is 16.0. The molecule has 0 aliphatic carbocycles. The van der Waals surface area contributed by atoms with Gasteiger partial charge in [0.2, 0.25) is 0 Å². The van der Waals surface area contributed by atoms with E-state index in [2.05, 4.69) is 4.90 Å². The highest BCUT2D eigenvalue weighted by molar-refractivity contribution is 6.04. The van der Waals surface area contributed by atoms with Gasteiger partial charge in [0, 0.05) is 26.2 Å². The highest BCUT2D eigenvalue weighted by Crippen LogP contribution is 2.38. The first-order valence-corrected chi connectivity index (χ1v) is 11.0. The zero-order valence-electron chi connectivity index (χ0n) is 18.2. The fourth-order valence-electron chi connectivity index (χ4n) is 4.26. The van der Waals surface area contributed by atoms with Crippen LogP contribution in [0.1, 0.15) is 27.9 Å². The van der Waals surface area contributed by atoms with E-state index in [1.807, 2.05) is 49.4 Å². The fourth-order valence-corrected chi connectivity index (χ4v) is 4.26. The molecule has 7 heteroatoms. The monoisotopic (exact) mass is 447 g/mol. The first-order valence-electron chi connectivity index (χ1n) is 11.0. The Bertz CT molecular complexity index is 1240. The van der Waals surface area contributed by atoms with Gasteiger partial charge in [0.05, 0.1) is 5.56 Å². The number of fused-ring (bicyclic) bond motifs is 2. The largest absolute Gasteiger partial charge is 0.454 e. The van der Waals surface area contributed by atoms with Gasteiger partial charge in [-0.3, -0.25) is 4.79 Å². The van der Waals surface area contributed by atoms with Crippen LogP contribution in [0.3, 0.4) is 0 Å². The molecule has 3 aromatic rings. The summed E-state index contributed by atoms with van der Waals surface area (Å²) in [5.41, 5.74) is 2.18. The molecule has 2 aliphatic rings. The van der Waals surface area contributed by atoms with Crippen LogP contribution >= 0.6 is 0 Å². The average Bonchev–Trinajstić information content (AvgIpc) is 3.13. The van der Waals surface area contributed by atoms with E-state index in [0.29, 0.717) is 44.1 Å². The number of aryl methyl sites for hydroxylation is 1. The van der Waals surface area contributed by atoms with Crippen LogP contribution in [0.4, 0.5) is 14.5 Å². The van der Waals surface area contributed by atoms with Gasteiger partial charge in [-0.05, 0) is 55.3 Å². The maximum Gasteiger partial charge on any atom is 0.259 e. The molecule has 1 saturated heterocycles. The summed E-state index contributed by atoms with van der Waals surface area (Å²) in [5.74, 6) is -0.135. The van der Waals surface area contributed by atoms with Crippen LogP contribution < -0.4 is 4.74 Å². The van der Waals surface area contributed by atoms with E-state index < -0.39 is 23.1 Å². The number of nitrogens with zero attached hydrogens (tertiary/aromatic N) is 3. The van der Waals surface area contributed by atoms with E-state index >= 15 is 0 Å². The van der Waals surface area contributed by atoms with Gasteiger partial charge in [-0.2, -0.15) is 0 Å². The lowest BCUT2D eigenvalue weighted by Gasteiger charge is -2.25. The Morgan fingerprint density at radius 1 is 0.909 bits per heavy atom. The highest BCUT2D eigenvalue weighted by atomic mass is 19.1. The third-order valence-electron chi connectivity index (χ3n) is 5.95. The topological polar surface area (TPSA) is 45.1 Å². The quantitative estimate of drug-likeness (QED) is 0.508. The minimum Gasteiger partial charge on any atom is -0.454 e. The molecule has 2 aliphatic heterocycles. The molecule has 5 rings (SSSR count). The second-order valence-corrected chi connectivity index (χ2v) is 8.23. The van der Waals surface area contributed by atoms with Gasteiger partial charge < -0.3 is 14.5 Å². The standard InChI is InChI=1S/C26H23F2N3O2/c1-17-10-11-21-23(16-17)33-22-9-3-2-6-18(22)25(29-21)30-12-5-13-31(15-14-30)26(32)24-19(27)7-4-8-20(24)28/h2-4,6-11,16H,5,12-15H2,1H3. The average molecular weight is 447 g/mol. The van der Waals surface area contributed by atoms with Crippen molar-refractivity contribution in [3.05, 3.63) is 89.0 Å². The molecule has 5 nitrogen and oxygen atoms in total. The predicted octanol–water partition coefficient (Wildman–Crippen LogP) is 5.31. The third kappa shape index (κ3) is 4.06. The van der Waals surface area contributed by atoms with Crippen molar-refractivity contribution in [2.75, 3.05) is 26.2 Å². The van der Waals surface area contributed by atoms with E-state index in [9.17, 15) is 13.6 Å². The van der Waals surface area contributed by atoms with Crippen LogP contribution in [0.25, 0.3) is 0 Å². The molecule has 0 N–H and O–H groups in total. The zero-order valence-corrected chi connectivity index (χ0v) is 18.2. The van der Waals surface area contributed by atoms with E-state index in [-0.39, 0.29) is 0 Å². The molecule has 1 amide bonds. The van der Waals surface area contributed by atoms with Crippen LogP contribution in [-0.4, -0.2) is 47.7 Å². The molecule has 1 fully saturated rings. The maximum absolute atomic E-state index is 14.2. The van der Waals surface area contributed by atoms with Gasteiger partial charge in [-0.15, -0.1) is 0 Å². The summed E-state index contributed by atoms with van der Waals surface area (Å²) in [6.07, 6.45) is 0.643. The van der Waals surface area contributed by atoms with Crippen molar-refractivity contribution in [3.63, 3.8) is 0 Å². The number of carbonyl (C=O) groups excluding carboxylic acids is 1. The van der Waals surface area contributed by atoms with Crippen molar-refractivity contribution in [2.45, 2.75) is 13.3 Å². The number of aliphatic imine (C=N–C) groups is 1. The Morgan fingerprint density at radius 2 is 1.70 bits per heavy atom. The number of amidine groups is 1. The van der Waals surface area contributed by atoms with Gasteiger partial charge in [0.15, 0.2) is 5.75 Å². The van der Waals surface area contributed by atoms with Gasteiger partial charge >= 0.3 is 0 Å². The van der Waals surface area contributed by atoms with Gasteiger partial charge in [-0.1, -0.05) is 24.3 Å². The molecule has 0 aromatic heterocycles. The lowest BCUT2D eigenvalue weighted by molar-refractivity contribution is 0.0754. The van der Waals surface area contributed by atoms with Crippen molar-refractivity contribution >= 4 is 17.4 Å². The van der Waals surface area contributed by atoms with Crippen LogP contribution in [0, 0.1) is 18.6 Å². The third-order valence-corrected chi connectivity index (χ3v) is 5.95. The summed E-state index contributed by atoms with van der Waals surface area (Å²) >= 11 is 0.